The van der Waals surface area contributed by atoms with Crippen LogP contribution in [-0.2, 0) is 21.2 Å². The van der Waals surface area contributed by atoms with E-state index in [0.29, 0.717) is 26.4 Å². The summed E-state index contributed by atoms with van der Waals surface area (Å²) in [6.45, 7) is 0.0867. The van der Waals surface area contributed by atoms with Crippen LogP contribution in [0.4, 0.5) is 5.13 Å². The van der Waals surface area contributed by atoms with Gasteiger partial charge < -0.3 is 0 Å². The van der Waals surface area contributed by atoms with Crippen LogP contribution in [0.1, 0.15) is 5.69 Å². The number of benzene rings is 2. The number of sulfone groups is 1. The zero-order chi connectivity index (χ0) is 22.0. The standard InChI is InChI=1S/C21H15Cl2N3O3S2/c22-14-4-7-17(8-5-14)31(28,29)13-20(27)26(12-16-3-1-2-10-24-16)21-25-18-9-6-15(23)11-19(18)30-21/h1-11H,12-13H2. The molecule has 0 saturated heterocycles. The number of thiazole rings is 1. The molecule has 31 heavy (non-hydrogen) atoms. The molecule has 4 aromatic rings. The van der Waals surface area contributed by atoms with Crippen molar-refractivity contribution in [2.45, 2.75) is 11.4 Å². The predicted octanol–water partition coefficient (Wildman–Crippen LogP) is 5.01. The normalized spacial score (nSPS) is 11.5. The lowest BCUT2D eigenvalue weighted by Crippen LogP contribution is -2.35. The number of amides is 1. The van der Waals surface area contributed by atoms with E-state index in [1.807, 2.05) is 0 Å². The number of rotatable bonds is 6. The van der Waals surface area contributed by atoms with Crippen molar-refractivity contribution in [1.82, 2.24) is 9.97 Å². The number of pyridine rings is 1. The van der Waals surface area contributed by atoms with E-state index in [9.17, 15) is 13.2 Å². The van der Waals surface area contributed by atoms with Gasteiger partial charge >= 0.3 is 0 Å². The van der Waals surface area contributed by atoms with E-state index in [1.54, 1.807) is 42.6 Å². The Kier molecular flexibility index (Phi) is 6.24. The van der Waals surface area contributed by atoms with Crippen LogP contribution in [0.5, 0.6) is 0 Å². The Hall–Kier alpha value is -2.52. The van der Waals surface area contributed by atoms with Crippen LogP contribution in [0, 0.1) is 0 Å². The number of hydrogen-bond acceptors (Lipinski definition) is 6. The van der Waals surface area contributed by atoms with Gasteiger partial charge in [-0.25, -0.2) is 13.4 Å². The first kappa shape index (κ1) is 21.7. The van der Waals surface area contributed by atoms with Crippen molar-refractivity contribution in [3.8, 4) is 0 Å². The topological polar surface area (TPSA) is 80.2 Å². The van der Waals surface area contributed by atoms with Gasteiger partial charge in [0.1, 0.15) is 5.75 Å². The molecule has 0 atom stereocenters. The lowest BCUT2D eigenvalue weighted by molar-refractivity contribution is -0.116. The molecule has 0 fully saturated rings. The van der Waals surface area contributed by atoms with Crippen LogP contribution < -0.4 is 4.90 Å². The summed E-state index contributed by atoms with van der Waals surface area (Å²) in [5.74, 6) is -1.32. The first-order valence-electron chi connectivity index (χ1n) is 9.06. The fourth-order valence-electron chi connectivity index (χ4n) is 2.88. The molecule has 0 aliphatic rings. The number of fused-ring (bicyclic) bond motifs is 1. The van der Waals surface area contributed by atoms with Crippen molar-refractivity contribution in [2.24, 2.45) is 0 Å². The molecule has 1 amide bonds. The molecule has 2 aromatic carbocycles. The zero-order valence-corrected chi connectivity index (χ0v) is 19.0. The second-order valence-corrected chi connectivity index (χ2v) is 10.5. The number of carbonyl (C=O) groups excluding carboxylic acids is 1. The van der Waals surface area contributed by atoms with E-state index in [0.717, 1.165) is 4.70 Å². The van der Waals surface area contributed by atoms with Crippen molar-refractivity contribution < 1.29 is 13.2 Å². The van der Waals surface area contributed by atoms with Crippen LogP contribution in [-0.4, -0.2) is 30.0 Å². The highest BCUT2D eigenvalue weighted by Gasteiger charge is 2.27. The first-order chi connectivity index (χ1) is 14.8. The van der Waals surface area contributed by atoms with Gasteiger partial charge in [0.2, 0.25) is 5.91 Å². The quantitative estimate of drug-likeness (QED) is 0.378. The van der Waals surface area contributed by atoms with Gasteiger partial charge in [-0.15, -0.1) is 0 Å². The summed E-state index contributed by atoms with van der Waals surface area (Å²) < 4.78 is 26.4. The van der Waals surface area contributed by atoms with Crippen molar-refractivity contribution in [1.29, 1.82) is 0 Å². The minimum atomic E-state index is -3.87. The van der Waals surface area contributed by atoms with Gasteiger partial charge in [0.05, 0.1) is 27.4 Å². The molecule has 0 spiro atoms. The Balaban J connectivity index is 1.69. The average Bonchev–Trinajstić information content (AvgIpc) is 3.15. The van der Waals surface area contributed by atoms with Crippen molar-refractivity contribution >= 4 is 65.6 Å². The number of aromatic nitrogens is 2. The first-order valence-corrected chi connectivity index (χ1v) is 12.3. The third-order valence-electron chi connectivity index (χ3n) is 4.40. The third kappa shape index (κ3) is 5.04. The second-order valence-electron chi connectivity index (χ2n) is 6.62. The molecule has 0 aliphatic heterocycles. The predicted molar refractivity (Wildman–Crippen MR) is 124 cm³/mol. The zero-order valence-electron chi connectivity index (χ0n) is 15.9. The Labute approximate surface area is 193 Å². The van der Waals surface area contributed by atoms with Gasteiger partial charge in [0, 0.05) is 16.2 Å². The molecule has 2 heterocycles. The summed E-state index contributed by atoms with van der Waals surface area (Å²) in [6.07, 6.45) is 1.61. The molecular formula is C21H15Cl2N3O3S2. The Morgan fingerprint density at radius 2 is 1.74 bits per heavy atom. The van der Waals surface area contributed by atoms with E-state index in [-0.39, 0.29) is 11.4 Å². The van der Waals surface area contributed by atoms with Crippen LogP contribution in [0.3, 0.4) is 0 Å². The molecule has 0 N–H and O–H groups in total. The lowest BCUT2D eigenvalue weighted by atomic mass is 10.3. The number of halogens is 2. The van der Waals surface area contributed by atoms with E-state index in [4.69, 9.17) is 23.2 Å². The molecular weight excluding hydrogens is 477 g/mol. The SMILES string of the molecule is O=C(CS(=O)(=O)c1ccc(Cl)cc1)N(Cc1ccccn1)c1nc2ccc(Cl)cc2s1. The average molecular weight is 492 g/mol. The number of carbonyl (C=O) groups is 1. The molecule has 0 unspecified atom stereocenters. The fourth-order valence-corrected chi connectivity index (χ4v) is 5.47. The Morgan fingerprint density at radius 3 is 2.45 bits per heavy atom. The van der Waals surface area contributed by atoms with Crippen molar-refractivity contribution in [2.75, 3.05) is 10.7 Å². The Bertz CT molecular complexity index is 1340. The van der Waals surface area contributed by atoms with E-state index in [2.05, 4.69) is 9.97 Å². The van der Waals surface area contributed by atoms with Gasteiger partial charge in [-0.2, -0.15) is 0 Å². The monoisotopic (exact) mass is 491 g/mol. The summed E-state index contributed by atoms with van der Waals surface area (Å²) >= 11 is 13.2. The smallest absolute Gasteiger partial charge is 0.244 e. The van der Waals surface area contributed by atoms with Crippen LogP contribution in [0.25, 0.3) is 10.2 Å². The van der Waals surface area contributed by atoms with Gasteiger partial charge in [-0.1, -0.05) is 40.6 Å². The maximum atomic E-state index is 13.2. The maximum absolute atomic E-state index is 13.2. The number of hydrogen-bond donors (Lipinski definition) is 0. The van der Waals surface area contributed by atoms with E-state index in [1.165, 1.54) is 40.5 Å². The van der Waals surface area contributed by atoms with E-state index < -0.39 is 21.5 Å². The third-order valence-corrected chi connectivity index (χ3v) is 7.55. The van der Waals surface area contributed by atoms with E-state index >= 15 is 0 Å². The minimum absolute atomic E-state index is 0.0270. The Morgan fingerprint density at radius 1 is 1.00 bits per heavy atom. The highest BCUT2D eigenvalue weighted by atomic mass is 35.5. The van der Waals surface area contributed by atoms with Crippen LogP contribution in [0.15, 0.2) is 71.8 Å². The molecule has 2 aromatic heterocycles. The summed E-state index contributed by atoms with van der Waals surface area (Å²) in [5.41, 5.74) is 1.28. The van der Waals surface area contributed by atoms with Crippen LogP contribution in [0.2, 0.25) is 10.0 Å². The molecule has 4 rings (SSSR count). The molecule has 0 saturated carbocycles. The molecule has 158 valence electrons. The largest absolute Gasteiger partial charge is 0.281 e. The van der Waals surface area contributed by atoms with Crippen molar-refractivity contribution in [3.63, 3.8) is 0 Å². The highest BCUT2D eigenvalue weighted by molar-refractivity contribution is 7.92. The fraction of sp³-hybridized carbons (Fsp3) is 0.0952. The van der Waals surface area contributed by atoms with Crippen molar-refractivity contribution in [3.05, 3.63) is 82.6 Å². The molecule has 0 aliphatic carbocycles. The molecule has 0 radical (unpaired) electrons. The summed E-state index contributed by atoms with van der Waals surface area (Å²) in [5, 5.41) is 1.34. The summed E-state index contributed by atoms with van der Waals surface area (Å²) in [7, 11) is -3.87. The molecule has 6 nitrogen and oxygen atoms in total. The summed E-state index contributed by atoms with van der Waals surface area (Å²) in [6, 6.07) is 16.3. The molecule has 0 bridgehead atoms. The number of nitrogens with zero attached hydrogens (tertiary/aromatic N) is 3. The van der Waals surface area contributed by atoms with Gasteiger partial charge in [0.15, 0.2) is 15.0 Å². The van der Waals surface area contributed by atoms with Gasteiger partial charge in [-0.05, 0) is 54.6 Å². The highest BCUT2D eigenvalue weighted by Crippen LogP contribution is 2.32. The maximum Gasteiger partial charge on any atom is 0.244 e. The number of anilines is 1. The minimum Gasteiger partial charge on any atom is -0.281 e. The second kappa shape index (κ2) is 8.92. The van der Waals surface area contributed by atoms with Crippen LogP contribution >= 0.6 is 34.5 Å². The van der Waals surface area contributed by atoms with Gasteiger partial charge in [-0.3, -0.25) is 14.7 Å². The van der Waals surface area contributed by atoms with Gasteiger partial charge in [0.25, 0.3) is 0 Å². The summed E-state index contributed by atoms with van der Waals surface area (Å²) in [4.78, 5) is 23.3. The lowest BCUT2D eigenvalue weighted by Gasteiger charge is -2.19. The molecule has 10 heteroatoms.